The van der Waals surface area contributed by atoms with Crippen LogP contribution in [0.5, 0.6) is 11.5 Å². The predicted octanol–water partition coefficient (Wildman–Crippen LogP) is 5.27. The summed E-state index contributed by atoms with van der Waals surface area (Å²) in [5.41, 5.74) is 13.4. The van der Waals surface area contributed by atoms with Gasteiger partial charge in [-0.25, -0.2) is 4.79 Å². The second-order valence-electron chi connectivity index (χ2n) is 9.02. The van der Waals surface area contributed by atoms with Crippen molar-refractivity contribution < 1.29 is 19.0 Å². The molecule has 0 aliphatic heterocycles. The van der Waals surface area contributed by atoms with Gasteiger partial charge in [0.15, 0.2) is 0 Å². The van der Waals surface area contributed by atoms with E-state index in [2.05, 4.69) is 20.7 Å². The van der Waals surface area contributed by atoms with Crippen LogP contribution >= 0.6 is 0 Å². The first-order valence-electron chi connectivity index (χ1n) is 12.5. The standard InChI is InChI=1S/C29H31N5O5/c1-6-18-15-24(29(36)39-5)28(35)34(17-20-7-9-23(37-3)16-26(20)38-4)27(18)19-8-10-25-21(13-19)14-22(33(25)2)11-12-31-32-30/h7-10,13-16H,6,11-12,17H2,1-5H3. The fraction of sp³-hybridized carbons (Fsp3) is 0.310. The highest BCUT2D eigenvalue weighted by atomic mass is 16.5. The van der Waals surface area contributed by atoms with E-state index in [0.717, 1.165) is 39.0 Å². The summed E-state index contributed by atoms with van der Waals surface area (Å²) in [6, 6.07) is 15.1. The molecule has 0 atom stereocenters. The van der Waals surface area contributed by atoms with Crippen molar-refractivity contribution in [3.05, 3.63) is 91.7 Å². The molecule has 0 spiro atoms. The summed E-state index contributed by atoms with van der Waals surface area (Å²) < 4.78 is 19.5. The maximum absolute atomic E-state index is 13.8. The summed E-state index contributed by atoms with van der Waals surface area (Å²) in [6.45, 7) is 2.52. The van der Waals surface area contributed by atoms with Gasteiger partial charge in [0.1, 0.15) is 17.1 Å². The molecule has 10 heteroatoms. The van der Waals surface area contributed by atoms with Gasteiger partial charge >= 0.3 is 5.97 Å². The highest BCUT2D eigenvalue weighted by molar-refractivity contribution is 5.91. The average molecular weight is 530 g/mol. The van der Waals surface area contributed by atoms with Crippen LogP contribution in [0.4, 0.5) is 0 Å². The van der Waals surface area contributed by atoms with E-state index in [9.17, 15) is 9.59 Å². The maximum Gasteiger partial charge on any atom is 0.343 e. The molecule has 0 saturated heterocycles. The van der Waals surface area contributed by atoms with Crippen LogP contribution in [0.1, 0.15) is 34.1 Å². The Balaban J connectivity index is 1.94. The summed E-state index contributed by atoms with van der Waals surface area (Å²) in [6.07, 6.45) is 1.20. The number of nitrogens with zero attached hydrogens (tertiary/aromatic N) is 5. The fourth-order valence-electron chi connectivity index (χ4n) is 4.90. The van der Waals surface area contributed by atoms with Gasteiger partial charge in [-0.3, -0.25) is 4.79 Å². The van der Waals surface area contributed by atoms with Crippen molar-refractivity contribution in [1.82, 2.24) is 9.13 Å². The van der Waals surface area contributed by atoms with Crippen LogP contribution < -0.4 is 15.0 Å². The average Bonchev–Trinajstić information content (AvgIpc) is 3.27. The molecule has 10 nitrogen and oxygen atoms in total. The van der Waals surface area contributed by atoms with Crippen LogP contribution in [0, 0.1) is 0 Å². The van der Waals surface area contributed by atoms with E-state index in [1.165, 1.54) is 7.11 Å². The quantitative estimate of drug-likeness (QED) is 0.120. The third kappa shape index (κ3) is 5.32. The lowest BCUT2D eigenvalue weighted by Crippen LogP contribution is -2.30. The van der Waals surface area contributed by atoms with Gasteiger partial charge in [0.2, 0.25) is 0 Å². The number of fused-ring (bicyclic) bond motifs is 1. The Labute approximate surface area is 226 Å². The molecule has 2 aromatic carbocycles. The minimum absolute atomic E-state index is 0.0216. The normalized spacial score (nSPS) is 10.8. The fourth-order valence-corrected chi connectivity index (χ4v) is 4.90. The number of aryl methyl sites for hydroxylation is 2. The highest BCUT2D eigenvalue weighted by Gasteiger charge is 2.22. The molecule has 39 heavy (non-hydrogen) atoms. The largest absolute Gasteiger partial charge is 0.497 e. The van der Waals surface area contributed by atoms with Crippen molar-refractivity contribution in [3.63, 3.8) is 0 Å². The van der Waals surface area contributed by atoms with Crippen molar-refractivity contribution in [2.75, 3.05) is 27.9 Å². The van der Waals surface area contributed by atoms with Gasteiger partial charge in [0.25, 0.3) is 5.56 Å². The summed E-state index contributed by atoms with van der Waals surface area (Å²) in [4.78, 5) is 29.2. The number of carbonyl (C=O) groups excluding carboxylic acids is 1. The van der Waals surface area contributed by atoms with Crippen LogP contribution in [0.25, 0.3) is 32.6 Å². The second kappa shape index (κ2) is 11.8. The zero-order valence-electron chi connectivity index (χ0n) is 22.7. The van der Waals surface area contributed by atoms with Crippen molar-refractivity contribution in [2.24, 2.45) is 12.2 Å². The monoisotopic (exact) mass is 529 g/mol. The first-order chi connectivity index (χ1) is 18.9. The number of ether oxygens (including phenoxy) is 3. The van der Waals surface area contributed by atoms with Crippen LogP contribution in [0.2, 0.25) is 0 Å². The van der Waals surface area contributed by atoms with E-state index in [1.807, 2.05) is 38.2 Å². The first-order valence-corrected chi connectivity index (χ1v) is 12.5. The Hall–Kier alpha value is -4.69. The predicted molar refractivity (Wildman–Crippen MR) is 150 cm³/mol. The van der Waals surface area contributed by atoms with Gasteiger partial charge < -0.3 is 23.3 Å². The molecular weight excluding hydrogens is 498 g/mol. The van der Waals surface area contributed by atoms with E-state index in [4.69, 9.17) is 19.7 Å². The molecule has 0 fully saturated rings. The van der Waals surface area contributed by atoms with Crippen LogP contribution in [-0.4, -0.2) is 43.0 Å². The third-order valence-electron chi connectivity index (χ3n) is 6.92. The van der Waals surface area contributed by atoms with Gasteiger partial charge in [-0.15, -0.1) is 0 Å². The SMILES string of the molecule is CCc1cc(C(=O)OC)c(=O)n(Cc2ccc(OC)cc2OC)c1-c1ccc2c(c1)cc(CCN=[N+]=[N-])n2C. The minimum atomic E-state index is -0.681. The molecule has 0 unspecified atom stereocenters. The number of esters is 1. The lowest BCUT2D eigenvalue weighted by Gasteiger charge is -2.20. The number of benzene rings is 2. The Morgan fingerprint density at radius 3 is 2.49 bits per heavy atom. The lowest BCUT2D eigenvalue weighted by atomic mass is 9.99. The second-order valence-corrected chi connectivity index (χ2v) is 9.02. The molecule has 4 aromatic rings. The zero-order chi connectivity index (χ0) is 28.1. The number of aromatic nitrogens is 2. The summed E-state index contributed by atoms with van der Waals surface area (Å²) >= 11 is 0. The van der Waals surface area contributed by atoms with Crippen LogP contribution in [-0.2, 0) is 31.2 Å². The number of hydrogen-bond donors (Lipinski definition) is 0. The molecule has 0 amide bonds. The molecular formula is C29H31N5O5. The molecule has 0 N–H and O–H groups in total. The van der Waals surface area contributed by atoms with Gasteiger partial charge in [-0.2, -0.15) is 0 Å². The van der Waals surface area contributed by atoms with E-state index >= 15 is 0 Å². The van der Waals surface area contributed by atoms with Crippen LogP contribution in [0.3, 0.4) is 0 Å². The molecule has 0 saturated carbocycles. The van der Waals surface area contributed by atoms with E-state index in [1.54, 1.807) is 37.0 Å². The number of pyridine rings is 1. The molecule has 0 aliphatic rings. The molecule has 0 aliphatic carbocycles. The molecule has 0 radical (unpaired) electrons. The number of hydrogen-bond acceptors (Lipinski definition) is 6. The third-order valence-corrected chi connectivity index (χ3v) is 6.92. The molecule has 202 valence electrons. The smallest absolute Gasteiger partial charge is 0.343 e. The van der Waals surface area contributed by atoms with Gasteiger partial charge in [0.05, 0.1) is 33.6 Å². The number of rotatable bonds is 10. The first kappa shape index (κ1) is 27.3. The van der Waals surface area contributed by atoms with E-state index < -0.39 is 11.5 Å². The van der Waals surface area contributed by atoms with E-state index in [-0.39, 0.29) is 12.1 Å². The number of carbonyl (C=O) groups is 1. The number of azide groups is 1. The van der Waals surface area contributed by atoms with Gasteiger partial charge in [-0.1, -0.05) is 18.1 Å². The molecule has 2 heterocycles. The Morgan fingerprint density at radius 1 is 1.03 bits per heavy atom. The lowest BCUT2D eigenvalue weighted by molar-refractivity contribution is 0.0598. The minimum Gasteiger partial charge on any atom is -0.497 e. The Morgan fingerprint density at radius 2 is 1.82 bits per heavy atom. The molecule has 0 bridgehead atoms. The van der Waals surface area contributed by atoms with Crippen molar-refractivity contribution in [3.8, 4) is 22.8 Å². The molecule has 4 rings (SSSR count). The highest BCUT2D eigenvalue weighted by Crippen LogP contribution is 2.31. The van der Waals surface area contributed by atoms with Crippen LogP contribution in [0.15, 0.2) is 58.4 Å². The summed E-state index contributed by atoms with van der Waals surface area (Å²) in [5.74, 6) is 0.517. The van der Waals surface area contributed by atoms with Crippen molar-refractivity contribution >= 4 is 16.9 Å². The van der Waals surface area contributed by atoms with Gasteiger partial charge in [0, 0.05) is 46.7 Å². The molecule has 2 aromatic heterocycles. The topological polar surface area (TPSA) is 120 Å². The van der Waals surface area contributed by atoms with Crippen molar-refractivity contribution in [2.45, 2.75) is 26.3 Å². The Kier molecular flexibility index (Phi) is 8.27. The number of methoxy groups -OCH3 is 3. The Bertz CT molecular complexity index is 1650. The maximum atomic E-state index is 13.8. The van der Waals surface area contributed by atoms with E-state index in [0.29, 0.717) is 30.9 Å². The summed E-state index contributed by atoms with van der Waals surface area (Å²) in [5, 5.41) is 4.65. The summed E-state index contributed by atoms with van der Waals surface area (Å²) in [7, 11) is 6.38. The van der Waals surface area contributed by atoms with Gasteiger partial charge in [-0.05, 0) is 65.9 Å². The zero-order valence-corrected chi connectivity index (χ0v) is 22.7. The van der Waals surface area contributed by atoms with Crippen molar-refractivity contribution in [1.29, 1.82) is 0 Å².